The van der Waals surface area contributed by atoms with Crippen LogP contribution in [0.5, 0.6) is 5.75 Å². The van der Waals surface area contributed by atoms with Crippen LogP contribution in [0.25, 0.3) is 10.8 Å². The number of ether oxygens (including phenoxy) is 1. The average Bonchev–Trinajstić information content (AvgIpc) is 2.37. The molecule has 0 aliphatic carbocycles. The van der Waals surface area contributed by atoms with Crippen LogP contribution < -0.4 is 10.5 Å². The minimum atomic E-state index is 0.219. The van der Waals surface area contributed by atoms with E-state index < -0.39 is 0 Å². The van der Waals surface area contributed by atoms with Gasteiger partial charge in [-0.25, -0.2) is 0 Å². The summed E-state index contributed by atoms with van der Waals surface area (Å²) in [5.74, 6) is 1.54. The van der Waals surface area contributed by atoms with Crippen molar-refractivity contribution in [1.82, 2.24) is 0 Å². The highest BCUT2D eigenvalue weighted by Gasteiger charge is 2.09. The monoisotopic (exact) mass is 257 g/mol. The van der Waals surface area contributed by atoms with Gasteiger partial charge in [0.1, 0.15) is 5.75 Å². The predicted octanol–water partition coefficient (Wildman–Crippen LogP) is 3.76. The van der Waals surface area contributed by atoms with Crippen LogP contribution in [0.3, 0.4) is 0 Å². The third kappa shape index (κ3) is 3.48. The summed E-state index contributed by atoms with van der Waals surface area (Å²) in [6.45, 7) is 4.43. The van der Waals surface area contributed by atoms with Gasteiger partial charge in [0.15, 0.2) is 0 Å². The van der Waals surface area contributed by atoms with Crippen molar-refractivity contribution in [2.75, 3.05) is 7.11 Å². The molecule has 2 rings (SSSR count). The highest BCUT2D eigenvalue weighted by atomic mass is 16.5. The molecular weight excluding hydrogens is 234 g/mol. The Labute approximate surface area is 115 Å². The summed E-state index contributed by atoms with van der Waals surface area (Å²) < 4.78 is 5.32. The summed E-state index contributed by atoms with van der Waals surface area (Å²) >= 11 is 0. The van der Waals surface area contributed by atoms with E-state index >= 15 is 0 Å². The summed E-state index contributed by atoms with van der Waals surface area (Å²) in [7, 11) is 1.70. The van der Waals surface area contributed by atoms with Crippen molar-refractivity contribution in [2.45, 2.75) is 32.7 Å². The lowest BCUT2D eigenvalue weighted by molar-refractivity contribution is 0.415. The van der Waals surface area contributed by atoms with E-state index in [2.05, 4.69) is 44.2 Å². The number of hydrogen-bond donors (Lipinski definition) is 1. The summed E-state index contributed by atoms with van der Waals surface area (Å²) in [6.07, 6.45) is 1.98. The summed E-state index contributed by atoms with van der Waals surface area (Å²) in [4.78, 5) is 0. The van der Waals surface area contributed by atoms with Crippen LogP contribution in [0, 0.1) is 5.92 Å². The number of rotatable bonds is 5. The number of fused-ring (bicyclic) bond motifs is 1. The Morgan fingerprint density at radius 3 is 2.63 bits per heavy atom. The molecule has 102 valence electrons. The fourth-order valence-electron chi connectivity index (χ4n) is 2.59. The van der Waals surface area contributed by atoms with E-state index in [-0.39, 0.29) is 6.04 Å². The summed E-state index contributed by atoms with van der Waals surface area (Å²) in [5, 5.41) is 2.50. The molecule has 2 heteroatoms. The van der Waals surface area contributed by atoms with Crippen LogP contribution in [0.4, 0.5) is 0 Å². The van der Waals surface area contributed by atoms with Gasteiger partial charge in [0, 0.05) is 6.04 Å². The van der Waals surface area contributed by atoms with Crippen LogP contribution in [0.15, 0.2) is 36.4 Å². The second-order valence-corrected chi connectivity index (χ2v) is 5.60. The number of methoxy groups -OCH3 is 1. The molecule has 0 aromatic heterocycles. The smallest absolute Gasteiger partial charge is 0.119 e. The van der Waals surface area contributed by atoms with E-state index in [0.29, 0.717) is 5.92 Å². The lowest BCUT2D eigenvalue weighted by Crippen LogP contribution is -2.24. The van der Waals surface area contributed by atoms with Gasteiger partial charge in [-0.05, 0) is 47.2 Å². The quantitative estimate of drug-likeness (QED) is 0.885. The van der Waals surface area contributed by atoms with Crippen molar-refractivity contribution in [3.05, 3.63) is 42.0 Å². The van der Waals surface area contributed by atoms with Gasteiger partial charge in [0.25, 0.3) is 0 Å². The predicted molar refractivity (Wildman–Crippen MR) is 81.6 cm³/mol. The van der Waals surface area contributed by atoms with E-state index in [1.807, 2.05) is 6.07 Å². The second kappa shape index (κ2) is 6.07. The standard InChI is InChI=1S/C17H23NO/c1-12(2)9-15(18)10-14-6-4-5-13-7-8-16(19-3)11-17(13)14/h4-8,11-12,15H,9-10,18H2,1-3H3. The SMILES string of the molecule is COc1ccc2cccc(CC(N)CC(C)C)c2c1. The van der Waals surface area contributed by atoms with Crippen LogP contribution in [0.1, 0.15) is 25.8 Å². The van der Waals surface area contributed by atoms with Crippen LogP contribution in [-0.4, -0.2) is 13.2 Å². The van der Waals surface area contributed by atoms with Crippen LogP contribution >= 0.6 is 0 Å². The van der Waals surface area contributed by atoms with Gasteiger partial charge in [0.2, 0.25) is 0 Å². The largest absolute Gasteiger partial charge is 0.497 e. The van der Waals surface area contributed by atoms with Crippen molar-refractivity contribution >= 4 is 10.8 Å². The fraction of sp³-hybridized carbons (Fsp3) is 0.412. The normalized spacial score (nSPS) is 12.9. The molecule has 2 nitrogen and oxygen atoms in total. The summed E-state index contributed by atoms with van der Waals surface area (Å²) in [5.41, 5.74) is 7.55. The zero-order chi connectivity index (χ0) is 13.8. The van der Waals surface area contributed by atoms with Crippen molar-refractivity contribution in [2.24, 2.45) is 11.7 Å². The first-order valence-electron chi connectivity index (χ1n) is 6.91. The Balaban J connectivity index is 2.31. The molecule has 2 N–H and O–H groups in total. The molecule has 0 heterocycles. The van der Waals surface area contributed by atoms with E-state index in [9.17, 15) is 0 Å². The van der Waals surface area contributed by atoms with Crippen molar-refractivity contribution in [3.63, 3.8) is 0 Å². The van der Waals surface area contributed by atoms with E-state index in [4.69, 9.17) is 10.5 Å². The van der Waals surface area contributed by atoms with E-state index in [0.717, 1.165) is 18.6 Å². The molecule has 0 aliphatic rings. The van der Waals surface area contributed by atoms with Gasteiger partial charge in [-0.1, -0.05) is 38.1 Å². The molecule has 0 aliphatic heterocycles. The molecular formula is C17H23NO. The minimum absolute atomic E-state index is 0.219. The lowest BCUT2D eigenvalue weighted by atomic mass is 9.94. The zero-order valence-corrected chi connectivity index (χ0v) is 12.0. The molecule has 0 fully saturated rings. The minimum Gasteiger partial charge on any atom is -0.497 e. The van der Waals surface area contributed by atoms with Gasteiger partial charge < -0.3 is 10.5 Å². The highest BCUT2D eigenvalue weighted by Crippen LogP contribution is 2.25. The number of benzene rings is 2. The molecule has 0 bridgehead atoms. The van der Waals surface area contributed by atoms with E-state index in [1.165, 1.54) is 16.3 Å². The Morgan fingerprint density at radius 1 is 1.16 bits per heavy atom. The molecule has 2 aromatic carbocycles. The molecule has 0 radical (unpaired) electrons. The maximum absolute atomic E-state index is 6.24. The topological polar surface area (TPSA) is 35.2 Å². The lowest BCUT2D eigenvalue weighted by Gasteiger charge is -2.15. The molecule has 1 atom stereocenters. The van der Waals surface area contributed by atoms with Gasteiger partial charge in [-0.15, -0.1) is 0 Å². The molecule has 0 saturated carbocycles. The Bertz CT molecular complexity index is 548. The Kier molecular flexibility index (Phi) is 4.43. The zero-order valence-electron chi connectivity index (χ0n) is 12.0. The van der Waals surface area contributed by atoms with Gasteiger partial charge in [-0.2, -0.15) is 0 Å². The first-order chi connectivity index (χ1) is 9.10. The van der Waals surface area contributed by atoms with Crippen LogP contribution in [-0.2, 0) is 6.42 Å². The second-order valence-electron chi connectivity index (χ2n) is 5.60. The maximum Gasteiger partial charge on any atom is 0.119 e. The maximum atomic E-state index is 6.24. The van der Waals surface area contributed by atoms with E-state index in [1.54, 1.807) is 7.11 Å². The molecule has 0 saturated heterocycles. The summed E-state index contributed by atoms with van der Waals surface area (Å²) in [6, 6.07) is 12.8. The molecule has 0 amide bonds. The van der Waals surface area contributed by atoms with Crippen molar-refractivity contribution < 1.29 is 4.74 Å². The third-order valence-electron chi connectivity index (χ3n) is 3.44. The number of nitrogens with two attached hydrogens (primary N) is 1. The fourth-order valence-corrected chi connectivity index (χ4v) is 2.59. The average molecular weight is 257 g/mol. The van der Waals surface area contributed by atoms with Gasteiger partial charge >= 0.3 is 0 Å². The first-order valence-corrected chi connectivity index (χ1v) is 6.91. The number of hydrogen-bond acceptors (Lipinski definition) is 2. The molecule has 0 spiro atoms. The van der Waals surface area contributed by atoms with Gasteiger partial charge in [-0.3, -0.25) is 0 Å². The van der Waals surface area contributed by atoms with Crippen molar-refractivity contribution in [3.8, 4) is 5.75 Å². The molecule has 1 unspecified atom stereocenters. The van der Waals surface area contributed by atoms with Crippen LogP contribution in [0.2, 0.25) is 0 Å². The highest BCUT2D eigenvalue weighted by molar-refractivity contribution is 5.87. The van der Waals surface area contributed by atoms with Gasteiger partial charge in [0.05, 0.1) is 7.11 Å². The molecule has 19 heavy (non-hydrogen) atoms. The Hall–Kier alpha value is -1.54. The molecule has 2 aromatic rings. The Morgan fingerprint density at radius 2 is 1.95 bits per heavy atom. The van der Waals surface area contributed by atoms with Crippen molar-refractivity contribution in [1.29, 1.82) is 0 Å². The third-order valence-corrected chi connectivity index (χ3v) is 3.44. The first kappa shape index (κ1) is 13.9.